The molecule has 1 aromatic heterocycles. The van der Waals surface area contributed by atoms with Gasteiger partial charge in [0.2, 0.25) is 5.91 Å². The second-order valence-corrected chi connectivity index (χ2v) is 8.39. The molecule has 2 atom stereocenters. The van der Waals surface area contributed by atoms with Gasteiger partial charge in [0.05, 0.1) is 17.1 Å². The van der Waals surface area contributed by atoms with E-state index in [9.17, 15) is 4.79 Å². The Morgan fingerprint density at radius 2 is 2.12 bits per heavy atom. The van der Waals surface area contributed by atoms with Crippen LogP contribution in [0.1, 0.15) is 75.3 Å². The summed E-state index contributed by atoms with van der Waals surface area (Å²) in [6.07, 6.45) is 8.32. The summed E-state index contributed by atoms with van der Waals surface area (Å²) in [5.74, 6) is 1.24. The van der Waals surface area contributed by atoms with Gasteiger partial charge in [-0.15, -0.1) is 5.10 Å². The molecule has 1 N–H and O–H groups in total. The average Bonchev–Trinajstić information content (AvgIpc) is 3.07. The van der Waals surface area contributed by atoms with Gasteiger partial charge in [0, 0.05) is 12.5 Å². The molecule has 2 saturated heterocycles. The van der Waals surface area contributed by atoms with Gasteiger partial charge in [-0.05, 0) is 68.6 Å². The summed E-state index contributed by atoms with van der Waals surface area (Å²) >= 11 is 1.40. The minimum Gasteiger partial charge on any atom is -0.351 e. The number of nitrogens with one attached hydrogen (secondary N) is 1. The molecule has 2 aliphatic heterocycles. The number of aromatic nitrogens is 2. The van der Waals surface area contributed by atoms with E-state index in [-0.39, 0.29) is 5.91 Å². The molecule has 3 heterocycles. The lowest BCUT2D eigenvalue weighted by atomic mass is 9.81. The van der Waals surface area contributed by atoms with E-state index in [0.29, 0.717) is 24.8 Å². The first-order valence-electron chi connectivity index (χ1n) is 9.47. The van der Waals surface area contributed by atoms with Gasteiger partial charge in [-0.2, -0.15) is 0 Å². The summed E-state index contributed by atoms with van der Waals surface area (Å²) < 4.78 is 4.02. The standard InChI is InChI=1S/C18H30N4OS/c1-13(2)18-16(24-21-20-18)12-19-17(23)9-8-14-6-5-11-22-10-4-3-7-15(14)22/h13-15H,3-12H2,1-2H3,(H,19,23)/t14-,15+/m0/s1. The smallest absolute Gasteiger partial charge is 0.220 e. The van der Waals surface area contributed by atoms with Gasteiger partial charge in [-0.1, -0.05) is 24.8 Å². The highest BCUT2D eigenvalue weighted by molar-refractivity contribution is 7.05. The van der Waals surface area contributed by atoms with Crippen molar-refractivity contribution in [1.82, 2.24) is 19.8 Å². The molecule has 1 aromatic rings. The van der Waals surface area contributed by atoms with E-state index in [4.69, 9.17) is 0 Å². The molecule has 6 heteroatoms. The van der Waals surface area contributed by atoms with Crippen molar-refractivity contribution in [3.63, 3.8) is 0 Å². The van der Waals surface area contributed by atoms with Gasteiger partial charge >= 0.3 is 0 Å². The predicted molar refractivity (Wildman–Crippen MR) is 97.0 cm³/mol. The molecule has 2 fully saturated rings. The fraction of sp³-hybridized carbons (Fsp3) is 0.833. The predicted octanol–water partition coefficient (Wildman–Crippen LogP) is 3.32. The zero-order chi connectivity index (χ0) is 16.9. The van der Waals surface area contributed by atoms with E-state index in [1.165, 1.54) is 56.7 Å². The molecule has 0 spiro atoms. The van der Waals surface area contributed by atoms with Crippen molar-refractivity contribution >= 4 is 17.4 Å². The molecule has 0 saturated carbocycles. The molecule has 0 aromatic carbocycles. The summed E-state index contributed by atoms with van der Waals surface area (Å²) in [4.78, 5) is 16.0. The Balaban J connectivity index is 1.44. The fourth-order valence-corrected chi connectivity index (χ4v) is 5.01. The molecule has 0 unspecified atom stereocenters. The Hall–Kier alpha value is -1.01. The molecule has 0 radical (unpaired) electrons. The summed E-state index contributed by atoms with van der Waals surface area (Å²) in [6.45, 7) is 7.33. The Morgan fingerprint density at radius 3 is 2.96 bits per heavy atom. The Kier molecular flexibility index (Phi) is 6.22. The lowest BCUT2D eigenvalue weighted by Crippen LogP contribution is -2.48. The van der Waals surface area contributed by atoms with Gasteiger partial charge in [0.1, 0.15) is 0 Å². The van der Waals surface area contributed by atoms with Crippen molar-refractivity contribution in [3.05, 3.63) is 10.6 Å². The molecule has 0 bridgehead atoms. The zero-order valence-corrected chi connectivity index (χ0v) is 15.8. The minimum absolute atomic E-state index is 0.172. The van der Waals surface area contributed by atoms with Crippen molar-refractivity contribution in [2.24, 2.45) is 5.92 Å². The van der Waals surface area contributed by atoms with Crippen LogP contribution in [0.25, 0.3) is 0 Å². The van der Waals surface area contributed by atoms with Gasteiger partial charge in [0.15, 0.2) is 0 Å². The third-order valence-corrected chi connectivity index (χ3v) is 6.29. The highest BCUT2D eigenvalue weighted by Gasteiger charge is 2.32. The molecule has 0 aliphatic carbocycles. The number of rotatable bonds is 6. The van der Waals surface area contributed by atoms with Gasteiger partial charge in [0.25, 0.3) is 0 Å². The maximum absolute atomic E-state index is 12.3. The van der Waals surface area contributed by atoms with Gasteiger partial charge in [-0.3, -0.25) is 4.79 Å². The van der Waals surface area contributed by atoms with E-state index in [2.05, 4.69) is 33.7 Å². The van der Waals surface area contributed by atoms with Crippen LogP contribution in [0.3, 0.4) is 0 Å². The number of carbonyl (C=O) groups excluding carboxylic acids is 1. The van der Waals surface area contributed by atoms with E-state index in [1.54, 1.807) is 0 Å². The number of hydrogen-bond donors (Lipinski definition) is 1. The second-order valence-electron chi connectivity index (χ2n) is 7.55. The second kappa shape index (κ2) is 8.39. The van der Waals surface area contributed by atoms with Crippen molar-refractivity contribution in [2.75, 3.05) is 13.1 Å². The van der Waals surface area contributed by atoms with Crippen LogP contribution in [0.2, 0.25) is 0 Å². The number of fused-ring (bicyclic) bond motifs is 1. The third-order valence-electron chi connectivity index (χ3n) is 5.55. The van der Waals surface area contributed by atoms with Crippen LogP contribution in [0.4, 0.5) is 0 Å². The van der Waals surface area contributed by atoms with E-state index in [0.717, 1.165) is 23.0 Å². The molecule has 24 heavy (non-hydrogen) atoms. The van der Waals surface area contributed by atoms with Crippen LogP contribution < -0.4 is 5.32 Å². The van der Waals surface area contributed by atoms with Crippen molar-refractivity contribution in [2.45, 2.75) is 77.3 Å². The quantitative estimate of drug-likeness (QED) is 0.855. The highest BCUT2D eigenvalue weighted by atomic mass is 32.1. The SMILES string of the molecule is CC(C)c1nnsc1CNC(=O)CC[C@@H]1CCCN2CCCC[C@H]12. The highest BCUT2D eigenvalue weighted by Crippen LogP contribution is 2.33. The molecule has 1 amide bonds. The molecule has 5 nitrogen and oxygen atoms in total. The molecular weight excluding hydrogens is 320 g/mol. The van der Waals surface area contributed by atoms with Crippen LogP contribution in [-0.4, -0.2) is 39.5 Å². The third kappa shape index (κ3) is 4.33. The lowest BCUT2D eigenvalue weighted by molar-refractivity contribution is -0.121. The number of nitrogens with zero attached hydrogens (tertiary/aromatic N) is 3. The Labute approximate surface area is 149 Å². The van der Waals surface area contributed by atoms with Crippen LogP contribution in [0.15, 0.2) is 0 Å². The first-order valence-corrected chi connectivity index (χ1v) is 10.2. The number of hydrogen-bond acceptors (Lipinski definition) is 5. The van der Waals surface area contributed by atoms with E-state index < -0.39 is 0 Å². The van der Waals surface area contributed by atoms with Crippen LogP contribution in [-0.2, 0) is 11.3 Å². The Bertz CT molecular complexity index is 543. The lowest BCUT2D eigenvalue weighted by Gasteiger charge is -2.44. The topological polar surface area (TPSA) is 58.1 Å². The number of carbonyl (C=O) groups is 1. The average molecular weight is 351 g/mol. The van der Waals surface area contributed by atoms with Gasteiger partial charge < -0.3 is 10.2 Å². The maximum atomic E-state index is 12.3. The molecule has 3 rings (SSSR count). The first-order chi connectivity index (χ1) is 11.6. The summed E-state index contributed by atoms with van der Waals surface area (Å²) in [5, 5.41) is 7.24. The summed E-state index contributed by atoms with van der Waals surface area (Å²) in [7, 11) is 0. The van der Waals surface area contributed by atoms with Crippen molar-refractivity contribution in [3.8, 4) is 0 Å². The van der Waals surface area contributed by atoms with Crippen molar-refractivity contribution < 1.29 is 4.79 Å². The largest absolute Gasteiger partial charge is 0.351 e. The normalized spacial score (nSPS) is 24.8. The zero-order valence-electron chi connectivity index (χ0n) is 15.0. The molecule has 134 valence electrons. The van der Waals surface area contributed by atoms with E-state index >= 15 is 0 Å². The van der Waals surface area contributed by atoms with Crippen LogP contribution >= 0.6 is 11.5 Å². The fourth-order valence-electron chi connectivity index (χ4n) is 4.27. The van der Waals surface area contributed by atoms with Crippen LogP contribution in [0.5, 0.6) is 0 Å². The molecule has 2 aliphatic rings. The maximum Gasteiger partial charge on any atom is 0.220 e. The first kappa shape index (κ1) is 17.8. The summed E-state index contributed by atoms with van der Waals surface area (Å²) in [5.41, 5.74) is 1.02. The number of piperidine rings is 2. The van der Waals surface area contributed by atoms with E-state index in [1.807, 2.05) is 0 Å². The molecular formula is C18H30N4OS. The number of amides is 1. The van der Waals surface area contributed by atoms with Gasteiger partial charge in [-0.25, -0.2) is 0 Å². The Morgan fingerprint density at radius 1 is 1.29 bits per heavy atom. The monoisotopic (exact) mass is 350 g/mol. The van der Waals surface area contributed by atoms with Crippen LogP contribution in [0, 0.1) is 5.92 Å². The summed E-state index contributed by atoms with van der Waals surface area (Å²) in [6, 6.07) is 0.735. The van der Waals surface area contributed by atoms with Crippen molar-refractivity contribution in [1.29, 1.82) is 0 Å². The minimum atomic E-state index is 0.172.